The van der Waals surface area contributed by atoms with E-state index >= 15 is 0 Å². The van der Waals surface area contributed by atoms with Crippen LogP contribution in [0.5, 0.6) is 5.75 Å². The zero-order valence-electron chi connectivity index (χ0n) is 11.2. The summed E-state index contributed by atoms with van der Waals surface area (Å²) in [6.07, 6.45) is 1.13. The van der Waals surface area contributed by atoms with E-state index in [-0.39, 0.29) is 31.4 Å². The second-order valence-electron chi connectivity index (χ2n) is 3.85. The lowest BCUT2D eigenvalue weighted by atomic mass is 10.2. The molecular formula is C13H24Cl2N2O2. The maximum atomic E-state index is 8.63. The lowest BCUT2D eigenvalue weighted by Gasteiger charge is -2.07. The largest absolute Gasteiger partial charge is 0.491 e. The number of nitrogens with one attached hydrogen (secondary N) is 2. The number of halogens is 2. The molecule has 0 aromatic heterocycles. The third-order valence-corrected chi connectivity index (χ3v) is 2.39. The Morgan fingerprint density at radius 1 is 1.11 bits per heavy atom. The van der Waals surface area contributed by atoms with Crippen LogP contribution < -0.4 is 15.4 Å². The quantitative estimate of drug-likeness (QED) is 0.607. The van der Waals surface area contributed by atoms with Crippen molar-refractivity contribution < 1.29 is 9.84 Å². The van der Waals surface area contributed by atoms with Gasteiger partial charge in [-0.2, -0.15) is 0 Å². The first kappa shape index (κ1) is 20.8. The Morgan fingerprint density at radius 2 is 1.79 bits per heavy atom. The highest BCUT2D eigenvalue weighted by Crippen LogP contribution is 2.11. The van der Waals surface area contributed by atoms with Crippen LogP contribution in [0.4, 0.5) is 0 Å². The molecule has 0 aliphatic rings. The van der Waals surface area contributed by atoms with Crippen LogP contribution in [0.25, 0.3) is 0 Å². The van der Waals surface area contributed by atoms with E-state index in [0.29, 0.717) is 6.61 Å². The van der Waals surface area contributed by atoms with E-state index in [9.17, 15) is 0 Å². The van der Waals surface area contributed by atoms with Gasteiger partial charge in [0.25, 0.3) is 0 Å². The molecule has 0 radical (unpaired) electrons. The average molecular weight is 311 g/mol. The second kappa shape index (κ2) is 13.9. The molecule has 0 aliphatic carbocycles. The van der Waals surface area contributed by atoms with Crippen molar-refractivity contribution in [2.45, 2.75) is 13.0 Å². The minimum atomic E-state index is 0. The predicted molar refractivity (Wildman–Crippen MR) is 83.8 cm³/mol. The van der Waals surface area contributed by atoms with Gasteiger partial charge in [-0.3, -0.25) is 0 Å². The lowest BCUT2D eigenvalue weighted by Crippen LogP contribution is -2.19. The smallest absolute Gasteiger partial charge is 0.119 e. The Hall–Kier alpha value is -0.520. The van der Waals surface area contributed by atoms with Crippen LogP contribution in [-0.4, -0.2) is 38.5 Å². The normalized spacial score (nSPS) is 9.37. The first-order valence-electron chi connectivity index (χ1n) is 6.04. The van der Waals surface area contributed by atoms with E-state index in [2.05, 4.69) is 10.6 Å². The van der Waals surface area contributed by atoms with Crippen LogP contribution in [0.3, 0.4) is 0 Å². The molecule has 0 heterocycles. The fourth-order valence-electron chi connectivity index (χ4n) is 1.49. The van der Waals surface area contributed by atoms with Crippen LogP contribution in [-0.2, 0) is 6.54 Å². The predicted octanol–water partition coefficient (Wildman–Crippen LogP) is 1.60. The summed E-state index contributed by atoms with van der Waals surface area (Å²) in [5.41, 5.74) is 1.24. The third kappa shape index (κ3) is 9.99. The minimum Gasteiger partial charge on any atom is -0.491 e. The second-order valence-corrected chi connectivity index (χ2v) is 3.85. The monoisotopic (exact) mass is 310 g/mol. The highest BCUT2D eigenvalue weighted by Gasteiger charge is 1.95. The van der Waals surface area contributed by atoms with Gasteiger partial charge in [0.2, 0.25) is 0 Å². The molecule has 0 bridgehead atoms. The Balaban J connectivity index is 0. The number of benzene rings is 1. The Bertz CT molecular complexity index is 297. The Labute approximate surface area is 127 Å². The van der Waals surface area contributed by atoms with Crippen molar-refractivity contribution in [3.05, 3.63) is 29.8 Å². The fourth-order valence-corrected chi connectivity index (χ4v) is 1.49. The minimum absolute atomic E-state index is 0. The zero-order chi connectivity index (χ0) is 12.3. The van der Waals surface area contributed by atoms with Gasteiger partial charge in [0.05, 0.1) is 6.61 Å². The van der Waals surface area contributed by atoms with E-state index in [1.807, 2.05) is 31.3 Å². The first-order chi connectivity index (χ1) is 8.36. The lowest BCUT2D eigenvalue weighted by molar-refractivity contribution is 0.201. The number of ether oxygens (including phenoxy) is 1. The highest BCUT2D eigenvalue weighted by molar-refractivity contribution is 5.85. The van der Waals surface area contributed by atoms with Gasteiger partial charge in [0, 0.05) is 6.54 Å². The van der Waals surface area contributed by atoms with Gasteiger partial charge in [-0.05, 0) is 44.3 Å². The molecule has 112 valence electrons. The fraction of sp³-hybridized carbons (Fsp3) is 0.538. The summed E-state index contributed by atoms with van der Waals surface area (Å²) < 4.78 is 5.29. The summed E-state index contributed by atoms with van der Waals surface area (Å²) in [5, 5.41) is 15.1. The molecule has 0 unspecified atom stereocenters. The summed E-state index contributed by atoms with van der Waals surface area (Å²) in [6, 6.07) is 7.94. The maximum Gasteiger partial charge on any atom is 0.119 e. The molecule has 0 amide bonds. The number of hydrogen-bond donors (Lipinski definition) is 3. The summed E-state index contributed by atoms with van der Waals surface area (Å²) in [6.45, 7) is 3.34. The van der Waals surface area contributed by atoms with Crippen LogP contribution in [0, 0.1) is 0 Å². The van der Waals surface area contributed by atoms with Crippen LogP contribution in [0.1, 0.15) is 12.0 Å². The van der Waals surface area contributed by atoms with E-state index in [1.54, 1.807) is 0 Å². The highest BCUT2D eigenvalue weighted by atomic mass is 35.5. The molecule has 0 atom stereocenters. The van der Waals surface area contributed by atoms with Gasteiger partial charge in [-0.25, -0.2) is 0 Å². The molecule has 0 aliphatic heterocycles. The van der Waals surface area contributed by atoms with E-state index in [1.165, 1.54) is 5.56 Å². The first-order valence-corrected chi connectivity index (χ1v) is 6.04. The molecule has 0 saturated heterocycles. The summed E-state index contributed by atoms with van der Waals surface area (Å²) in [5.74, 6) is 0.804. The van der Waals surface area contributed by atoms with Crippen molar-refractivity contribution in [2.75, 3.05) is 33.4 Å². The van der Waals surface area contributed by atoms with Crippen molar-refractivity contribution in [1.82, 2.24) is 10.6 Å². The Kier molecular flexibility index (Phi) is 15.2. The van der Waals surface area contributed by atoms with Gasteiger partial charge in [0.15, 0.2) is 0 Å². The van der Waals surface area contributed by atoms with Crippen molar-refractivity contribution >= 4 is 24.8 Å². The molecule has 0 saturated carbocycles. The van der Waals surface area contributed by atoms with Gasteiger partial charge >= 0.3 is 0 Å². The molecule has 3 N–H and O–H groups in total. The molecule has 0 fully saturated rings. The number of aliphatic hydroxyl groups is 1. The summed E-state index contributed by atoms with van der Waals surface area (Å²) in [4.78, 5) is 0. The third-order valence-electron chi connectivity index (χ3n) is 2.39. The number of rotatable bonds is 9. The van der Waals surface area contributed by atoms with Gasteiger partial charge < -0.3 is 20.5 Å². The average Bonchev–Trinajstić information content (AvgIpc) is 2.37. The molecule has 0 spiro atoms. The molecule has 19 heavy (non-hydrogen) atoms. The molecule has 1 aromatic carbocycles. The van der Waals surface area contributed by atoms with Gasteiger partial charge in [-0.1, -0.05) is 12.1 Å². The molecule has 6 heteroatoms. The number of aliphatic hydroxyl groups excluding tert-OH is 1. The van der Waals surface area contributed by atoms with E-state index < -0.39 is 0 Å². The van der Waals surface area contributed by atoms with Crippen molar-refractivity contribution in [2.24, 2.45) is 0 Å². The summed E-state index contributed by atoms with van der Waals surface area (Å²) in [7, 11) is 1.96. The van der Waals surface area contributed by atoms with Gasteiger partial charge in [-0.15, -0.1) is 24.8 Å². The van der Waals surface area contributed by atoms with E-state index in [0.717, 1.165) is 31.8 Å². The van der Waals surface area contributed by atoms with Crippen molar-refractivity contribution in [1.29, 1.82) is 0 Å². The zero-order valence-corrected chi connectivity index (χ0v) is 12.9. The van der Waals surface area contributed by atoms with Crippen LogP contribution >= 0.6 is 24.8 Å². The number of hydrogen-bond acceptors (Lipinski definition) is 4. The maximum absolute atomic E-state index is 8.63. The van der Waals surface area contributed by atoms with Crippen molar-refractivity contribution in [3.63, 3.8) is 0 Å². The summed E-state index contributed by atoms with van der Waals surface area (Å²) >= 11 is 0. The Morgan fingerprint density at radius 3 is 2.37 bits per heavy atom. The molecule has 1 aromatic rings. The van der Waals surface area contributed by atoms with Gasteiger partial charge in [0.1, 0.15) is 12.4 Å². The van der Waals surface area contributed by atoms with Crippen molar-refractivity contribution in [3.8, 4) is 5.75 Å². The van der Waals surface area contributed by atoms with Crippen LogP contribution in [0.2, 0.25) is 0 Å². The molecule has 1 rings (SSSR count). The SMILES string of the molecule is CNCCCNCc1ccc(OCCO)cc1.Cl.Cl. The van der Waals surface area contributed by atoms with E-state index in [4.69, 9.17) is 9.84 Å². The molecule has 4 nitrogen and oxygen atoms in total. The molecular weight excluding hydrogens is 287 g/mol. The topological polar surface area (TPSA) is 53.5 Å². The van der Waals surface area contributed by atoms with Crippen LogP contribution in [0.15, 0.2) is 24.3 Å². The standard InChI is InChI=1S/C13H22N2O2.2ClH/c1-14-7-2-8-15-11-12-3-5-13(6-4-12)17-10-9-16;;/h3-6,14-16H,2,7-11H2,1H3;2*1H.